The molecule has 4 aromatic rings. The Bertz CT molecular complexity index is 1230. The highest BCUT2D eigenvalue weighted by Crippen LogP contribution is 2.34. The molecule has 0 aliphatic rings. The molecule has 0 saturated carbocycles. The fraction of sp³-hybridized carbons (Fsp3) is 0.0952. The molecule has 2 aromatic heterocycles. The molecule has 2 heterocycles. The minimum absolute atomic E-state index is 0.291. The summed E-state index contributed by atoms with van der Waals surface area (Å²) in [4.78, 5) is 8.84. The second-order valence-electron chi connectivity index (χ2n) is 6.96. The minimum atomic E-state index is -4.42. The van der Waals surface area contributed by atoms with E-state index in [1.807, 2.05) is 6.07 Å². The fourth-order valence-corrected chi connectivity index (χ4v) is 3.53. The van der Waals surface area contributed by atoms with E-state index in [1.54, 1.807) is 36.3 Å². The molecule has 0 aliphatic carbocycles. The average Bonchev–Trinajstić information content (AvgIpc) is 3.11. The van der Waals surface area contributed by atoms with Gasteiger partial charge in [-0.15, -0.1) is 0 Å². The van der Waals surface area contributed by atoms with Crippen molar-refractivity contribution in [3.8, 4) is 11.1 Å². The largest absolute Gasteiger partial charge is 0.416 e. The molecule has 0 bridgehead atoms. The Kier molecular flexibility index (Phi) is 5.74. The van der Waals surface area contributed by atoms with E-state index in [0.29, 0.717) is 40.0 Å². The summed E-state index contributed by atoms with van der Waals surface area (Å²) in [5, 5.41) is 10.3. The second kappa shape index (κ2) is 8.50. The molecule has 4 rings (SSSR count). The van der Waals surface area contributed by atoms with E-state index in [9.17, 15) is 13.2 Å². The molecule has 164 valence electrons. The molecule has 0 spiro atoms. The molecule has 4 N–H and O–H groups in total. The standard InChI is InChI=1S/C21H17BrF3N7/c1-32-11-17(9-28-32)30-20-27-10-18(12-2-4-13(5-3-12)21(23,24)25)19(31-20)29-16-7-14(22)6-15(26)8-16/h2-11H,26H2,1H3,(H2,27,29,30,31). The number of nitrogens with zero attached hydrogens (tertiary/aromatic N) is 4. The third-order valence-electron chi connectivity index (χ3n) is 4.46. The van der Waals surface area contributed by atoms with Crippen LogP contribution in [0.3, 0.4) is 0 Å². The van der Waals surface area contributed by atoms with Crippen molar-refractivity contribution in [3.63, 3.8) is 0 Å². The van der Waals surface area contributed by atoms with Gasteiger partial charge in [0, 0.05) is 40.9 Å². The first-order chi connectivity index (χ1) is 15.2. The van der Waals surface area contributed by atoms with Crippen molar-refractivity contribution in [3.05, 3.63) is 71.1 Å². The molecule has 11 heteroatoms. The maximum atomic E-state index is 13.0. The van der Waals surface area contributed by atoms with Crippen LogP contribution < -0.4 is 16.4 Å². The lowest BCUT2D eigenvalue weighted by Crippen LogP contribution is -2.05. The number of hydrogen-bond donors (Lipinski definition) is 3. The molecule has 0 atom stereocenters. The van der Waals surface area contributed by atoms with E-state index in [-0.39, 0.29) is 0 Å². The molecule has 0 aliphatic heterocycles. The molecule has 32 heavy (non-hydrogen) atoms. The van der Waals surface area contributed by atoms with Gasteiger partial charge in [-0.05, 0) is 35.9 Å². The Morgan fingerprint density at radius 2 is 1.75 bits per heavy atom. The molecule has 2 aromatic carbocycles. The van der Waals surface area contributed by atoms with Crippen LogP contribution in [0.4, 0.5) is 42.0 Å². The van der Waals surface area contributed by atoms with Crippen LogP contribution in [0.1, 0.15) is 5.56 Å². The van der Waals surface area contributed by atoms with Crippen LogP contribution in [0.15, 0.2) is 65.5 Å². The monoisotopic (exact) mass is 503 g/mol. The number of nitrogens with two attached hydrogens (primary N) is 1. The average molecular weight is 504 g/mol. The van der Waals surface area contributed by atoms with Crippen LogP contribution in [0, 0.1) is 0 Å². The maximum Gasteiger partial charge on any atom is 0.416 e. The van der Waals surface area contributed by atoms with Gasteiger partial charge in [0.1, 0.15) is 5.82 Å². The van der Waals surface area contributed by atoms with Gasteiger partial charge >= 0.3 is 6.18 Å². The van der Waals surface area contributed by atoms with Crippen LogP contribution in [0.5, 0.6) is 0 Å². The van der Waals surface area contributed by atoms with Crippen molar-refractivity contribution in [1.29, 1.82) is 0 Å². The Morgan fingerprint density at radius 1 is 1.00 bits per heavy atom. The number of alkyl halides is 3. The fourth-order valence-electron chi connectivity index (χ4n) is 3.02. The molecule has 0 amide bonds. The zero-order valence-electron chi connectivity index (χ0n) is 16.7. The normalized spacial score (nSPS) is 11.4. The summed E-state index contributed by atoms with van der Waals surface area (Å²) < 4.78 is 41.3. The highest BCUT2D eigenvalue weighted by molar-refractivity contribution is 9.10. The summed E-state index contributed by atoms with van der Waals surface area (Å²) >= 11 is 3.40. The summed E-state index contributed by atoms with van der Waals surface area (Å²) in [7, 11) is 1.78. The highest BCUT2D eigenvalue weighted by Gasteiger charge is 2.30. The number of nitrogens with one attached hydrogen (secondary N) is 2. The molecule has 0 saturated heterocycles. The van der Waals surface area contributed by atoms with Crippen LogP contribution >= 0.6 is 15.9 Å². The smallest absolute Gasteiger partial charge is 0.399 e. The number of hydrogen-bond acceptors (Lipinski definition) is 6. The number of aromatic nitrogens is 4. The van der Waals surface area contributed by atoms with Gasteiger partial charge in [0.25, 0.3) is 0 Å². The van der Waals surface area contributed by atoms with Crippen molar-refractivity contribution >= 4 is 44.8 Å². The first-order valence-corrected chi connectivity index (χ1v) is 10.1. The maximum absolute atomic E-state index is 13.0. The van der Waals surface area contributed by atoms with Gasteiger partial charge in [-0.3, -0.25) is 4.68 Å². The third-order valence-corrected chi connectivity index (χ3v) is 4.91. The van der Waals surface area contributed by atoms with E-state index in [4.69, 9.17) is 5.73 Å². The molecular formula is C21H17BrF3N7. The van der Waals surface area contributed by atoms with Crippen LogP contribution in [0.25, 0.3) is 11.1 Å². The zero-order valence-corrected chi connectivity index (χ0v) is 18.2. The van der Waals surface area contributed by atoms with Crippen molar-refractivity contribution in [1.82, 2.24) is 19.7 Å². The Labute approximate surface area is 189 Å². The van der Waals surface area contributed by atoms with Crippen LogP contribution in [-0.2, 0) is 13.2 Å². The summed E-state index contributed by atoms with van der Waals surface area (Å²) in [6.45, 7) is 0. The van der Waals surface area contributed by atoms with Gasteiger partial charge in [0.2, 0.25) is 5.95 Å². The minimum Gasteiger partial charge on any atom is -0.399 e. The predicted molar refractivity (Wildman–Crippen MR) is 121 cm³/mol. The van der Waals surface area contributed by atoms with Gasteiger partial charge < -0.3 is 16.4 Å². The zero-order chi connectivity index (χ0) is 22.9. The second-order valence-corrected chi connectivity index (χ2v) is 7.87. The first kappa shape index (κ1) is 21.6. The van der Waals surface area contributed by atoms with Crippen LogP contribution in [-0.4, -0.2) is 19.7 Å². The van der Waals surface area contributed by atoms with E-state index >= 15 is 0 Å². The van der Waals surface area contributed by atoms with Crippen molar-refractivity contribution in [2.45, 2.75) is 6.18 Å². The molecule has 0 radical (unpaired) electrons. The Hall–Kier alpha value is -3.60. The molecule has 0 unspecified atom stereocenters. The number of halogens is 4. The highest BCUT2D eigenvalue weighted by atomic mass is 79.9. The third kappa shape index (κ3) is 4.99. The van der Waals surface area contributed by atoms with Gasteiger partial charge in [-0.25, -0.2) is 4.98 Å². The topological polar surface area (TPSA) is 93.7 Å². The summed E-state index contributed by atoms with van der Waals surface area (Å²) in [5.41, 5.74) is 8.10. The number of aryl methyl sites for hydroxylation is 1. The lowest BCUT2D eigenvalue weighted by molar-refractivity contribution is -0.137. The summed E-state index contributed by atoms with van der Waals surface area (Å²) in [5.74, 6) is 0.683. The number of benzene rings is 2. The molecule has 7 nitrogen and oxygen atoms in total. The Balaban J connectivity index is 1.74. The first-order valence-electron chi connectivity index (χ1n) is 9.31. The van der Waals surface area contributed by atoms with Gasteiger partial charge in [0.15, 0.2) is 0 Å². The van der Waals surface area contributed by atoms with Gasteiger partial charge in [-0.1, -0.05) is 28.1 Å². The van der Waals surface area contributed by atoms with E-state index in [2.05, 4.69) is 41.6 Å². The van der Waals surface area contributed by atoms with Crippen molar-refractivity contribution in [2.24, 2.45) is 7.05 Å². The van der Waals surface area contributed by atoms with Gasteiger partial charge in [-0.2, -0.15) is 23.3 Å². The van der Waals surface area contributed by atoms with Gasteiger partial charge in [0.05, 0.1) is 17.4 Å². The van der Waals surface area contributed by atoms with E-state index < -0.39 is 11.7 Å². The SMILES string of the molecule is Cn1cc(Nc2ncc(-c3ccc(C(F)(F)F)cc3)c(Nc3cc(N)cc(Br)c3)n2)cn1. The number of anilines is 5. The number of nitrogen functional groups attached to an aromatic ring is 1. The predicted octanol–water partition coefficient (Wildman–Crippen LogP) is 5.73. The van der Waals surface area contributed by atoms with Crippen molar-refractivity contribution in [2.75, 3.05) is 16.4 Å². The molecule has 0 fully saturated rings. The number of rotatable bonds is 5. The van der Waals surface area contributed by atoms with Crippen LogP contribution in [0.2, 0.25) is 0 Å². The summed E-state index contributed by atoms with van der Waals surface area (Å²) in [6.07, 6.45) is 0.504. The Morgan fingerprint density at radius 3 is 2.38 bits per heavy atom. The van der Waals surface area contributed by atoms with Crippen molar-refractivity contribution < 1.29 is 13.2 Å². The van der Waals surface area contributed by atoms with E-state index in [1.165, 1.54) is 18.3 Å². The van der Waals surface area contributed by atoms with E-state index in [0.717, 1.165) is 16.6 Å². The quantitative estimate of drug-likeness (QED) is 0.301. The molecular weight excluding hydrogens is 487 g/mol. The summed E-state index contributed by atoms with van der Waals surface area (Å²) in [6, 6.07) is 10.1. The lowest BCUT2D eigenvalue weighted by Gasteiger charge is -2.14. The lowest BCUT2D eigenvalue weighted by atomic mass is 10.1.